The van der Waals surface area contributed by atoms with Crippen LogP contribution in [0.1, 0.15) is 5.56 Å². The fourth-order valence-electron chi connectivity index (χ4n) is 1.77. The molecule has 5 heteroatoms. The van der Waals surface area contributed by atoms with Crippen molar-refractivity contribution >= 4 is 10.8 Å². The molecule has 0 aliphatic heterocycles. The minimum atomic E-state index is -1.27. The van der Waals surface area contributed by atoms with Gasteiger partial charge in [-0.1, -0.05) is 24.3 Å². The fraction of sp³-hybridized carbons (Fsp3) is 0.200. The van der Waals surface area contributed by atoms with Crippen molar-refractivity contribution in [1.29, 1.82) is 0 Å². The molecule has 0 aliphatic carbocycles. The van der Waals surface area contributed by atoms with Gasteiger partial charge in [-0.25, -0.2) is 4.39 Å². The maximum absolute atomic E-state index is 13.0. The van der Waals surface area contributed by atoms with E-state index in [1.165, 1.54) is 12.1 Å². The lowest BCUT2D eigenvalue weighted by atomic mass is 10.2. The minimum absolute atomic E-state index is 0.292. The number of hydrogen-bond acceptors (Lipinski definition) is 3. The van der Waals surface area contributed by atoms with Crippen molar-refractivity contribution in [2.24, 2.45) is 5.73 Å². The van der Waals surface area contributed by atoms with Gasteiger partial charge in [0.05, 0.1) is 16.6 Å². The Kier molecular flexibility index (Phi) is 5.26. The van der Waals surface area contributed by atoms with E-state index in [9.17, 15) is 8.60 Å². The van der Waals surface area contributed by atoms with E-state index in [2.05, 4.69) is 0 Å². The van der Waals surface area contributed by atoms with Gasteiger partial charge in [-0.2, -0.15) is 0 Å². The van der Waals surface area contributed by atoms with Crippen LogP contribution in [0, 0.1) is 5.82 Å². The zero-order valence-corrected chi connectivity index (χ0v) is 11.7. The fourth-order valence-corrected chi connectivity index (χ4v) is 2.71. The van der Waals surface area contributed by atoms with E-state index >= 15 is 0 Å². The molecule has 0 radical (unpaired) electrons. The SMILES string of the molecule is NCc1ccccc1OCCS(=O)c1cccc(F)c1. The number of para-hydroxylation sites is 1. The quantitative estimate of drug-likeness (QED) is 0.890. The highest BCUT2D eigenvalue weighted by atomic mass is 32.2. The minimum Gasteiger partial charge on any atom is -0.492 e. The van der Waals surface area contributed by atoms with Gasteiger partial charge < -0.3 is 10.5 Å². The van der Waals surface area contributed by atoms with Gasteiger partial charge in [0.2, 0.25) is 0 Å². The summed E-state index contributed by atoms with van der Waals surface area (Å²) < 4.78 is 30.6. The summed E-state index contributed by atoms with van der Waals surface area (Å²) in [5.74, 6) is 0.624. The molecule has 1 unspecified atom stereocenters. The summed E-state index contributed by atoms with van der Waals surface area (Å²) in [6.45, 7) is 0.684. The van der Waals surface area contributed by atoms with Gasteiger partial charge in [-0.05, 0) is 24.3 Å². The highest BCUT2D eigenvalue weighted by Crippen LogP contribution is 2.17. The maximum atomic E-state index is 13.0. The number of hydrogen-bond donors (Lipinski definition) is 1. The molecule has 0 fully saturated rings. The Morgan fingerprint density at radius 2 is 1.95 bits per heavy atom. The largest absolute Gasteiger partial charge is 0.492 e. The third kappa shape index (κ3) is 3.88. The van der Waals surface area contributed by atoms with Crippen LogP contribution in [0.4, 0.5) is 4.39 Å². The highest BCUT2D eigenvalue weighted by molar-refractivity contribution is 7.85. The van der Waals surface area contributed by atoms with Gasteiger partial charge in [-0.15, -0.1) is 0 Å². The lowest BCUT2D eigenvalue weighted by Gasteiger charge is -2.10. The van der Waals surface area contributed by atoms with Crippen molar-refractivity contribution in [3.63, 3.8) is 0 Å². The standard InChI is InChI=1S/C15H16FNO2S/c16-13-5-3-6-14(10-13)20(18)9-8-19-15-7-2-1-4-12(15)11-17/h1-7,10H,8-9,11,17H2. The number of nitrogens with two attached hydrogens (primary N) is 1. The first-order valence-corrected chi connectivity index (χ1v) is 7.57. The average Bonchev–Trinajstić information content (AvgIpc) is 2.47. The van der Waals surface area contributed by atoms with Crippen LogP contribution < -0.4 is 10.5 Å². The molecule has 0 aliphatic rings. The number of halogens is 1. The molecule has 2 aromatic carbocycles. The molecule has 0 amide bonds. The molecule has 0 saturated heterocycles. The Morgan fingerprint density at radius 3 is 2.70 bits per heavy atom. The third-order valence-electron chi connectivity index (χ3n) is 2.78. The number of ether oxygens (including phenoxy) is 1. The van der Waals surface area contributed by atoms with E-state index in [4.69, 9.17) is 10.5 Å². The van der Waals surface area contributed by atoms with Gasteiger partial charge in [0, 0.05) is 17.0 Å². The molecular formula is C15H16FNO2S. The van der Waals surface area contributed by atoms with Crippen LogP contribution in [0.25, 0.3) is 0 Å². The third-order valence-corrected chi connectivity index (χ3v) is 4.09. The normalized spacial score (nSPS) is 12.1. The molecule has 2 N–H and O–H groups in total. The summed E-state index contributed by atoms with van der Waals surface area (Å²) in [6.07, 6.45) is 0. The van der Waals surface area contributed by atoms with E-state index in [1.54, 1.807) is 12.1 Å². The zero-order chi connectivity index (χ0) is 14.4. The van der Waals surface area contributed by atoms with E-state index < -0.39 is 10.8 Å². The van der Waals surface area contributed by atoms with E-state index in [-0.39, 0.29) is 5.82 Å². The number of benzene rings is 2. The summed E-state index contributed by atoms with van der Waals surface area (Å²) in [5.41, 5.74) is 6.51. The summed E-state index contributed by atoms with van der Waals surface area (Å²) >= 11 is 0. The van der Waals surface area contributed by atoms with Gasteiger partial charge in [0.25, 0.3) is 0 Å². The maximum Gasteiger partial charge on any atom is 0.124 e. The second-order valence-electron chi connectivity index (χ2n) is 4.17. The Balaban J connectivity index is 1.91. The zero-order valence-electron chi connectivity index (χ0n) is 10.9. The van der Waals surface area contributed by atoms with Crippen LogP contribution in [0.2, 0.25) is 0 Å². The predicted octanol–water partition coefficient (Wildman–Crippen LogP) is 2.47. The van der Waals surface area contributed by atoms with Gasteiger partial charge in [0.15, 0.2) is 0 Å². The monoisotopic (exact) mass is 293 g/mol. The summed E-state index contributed by atoms with van der Waals surface area (Å²) in [4.78, 5) is 0.473. The molecule has 0 bridgehead atoms. The topological polar surface area (TPSA) is 52.3 Å². The Morgan fingerprint density at radius 1 is 1.15 bits per heavy atom. The molecule has 3 nitrogen and oxygen atoms in total. The van der Waals surface area contributed by atoms with Crippen molar-refractivity contribution < 1.29 is 13.3 Å². The van der Waals surface area contributed by atoms with Crippen LogP contribution in [-0.2, 0) is 17.3 Å². The molecule has 0 aromatic heterocycles. The molecule has 2 rings (SSSR count). The highest BCUT2D eigenvalue weighted by Gasteiger charge is 2.06. The van der Waals surface area contributed by atoms with Crippen molar-refractivity contribution in [1.82, 2.24) is 0 Å². The Hall–Kier alpha value is -1.72. The first-order chi connectivity index (χ1) is 9.70. The second kappa shape index (κ2) is 7.17. The first-order valence-electron chi connectivity index (χ1n) is 6.25. The van der Waals surface area contributed by atoms with E-state index in [1.807, 2.05) is 24.3 Å². The van der Waals surface area contributed by atoms with Crippen molar-refractivity contribution in [2.45, 2.75) is 11.4 Å². The average molecular weight is 293 g/mol. The summed E-state index contributed by atoms with van der Waals surface area (Å²) in [5, 5.41) is 0. The molecule has 0 heterocycles. The Labute approximate surface area is 120 Å². The lowest BCUT2D eigenvalue weighted by Crippen LogP contribution is -2.10. The van der Waals surface area contributed by atoms with Crippen molar-refractivity contribution in [2.75, 3.05) is 12.4 Å². The van der Waals surface area contributed by atoms with Crippen LogP contribution in [0.3, 0.4) is 0 Å². The van der Waals surface area contributed by atoms with Crippen LogP contribution in [0.15, 0.2) is 53.4 Å². The molecular weight excluding hydrogens is 277 g/mol. The van der Waals surface area contributed by atoms with Gasteiger partial charge in [0.1, 0.15) is 18.2 Å². The van der Waals surface area contributed by atoms with Crippen LogP contribution in [0.5, 0.6) is 5.75 Å². The molecule has 0 spiro atoms. The predicted molar refractivity (Wildman–Crippen MR) is 77.5 cm³/mol. The summed E-state index contributed by atoms with van der Waals surface area (Å²) in [7, 11) is -1.27. The molecule has 2 aromatic rings. The Bertz CT molecular complexity index is 604. The molecule has 106 valence electrons. The molecule has 20 heavy (non-hydrogen) atoms. The van der Waals surface area contributed by atoms with Crippen molar-refractivity contribution in [3.05, 3.63) is 59.9 Å². The molecule has 0 saturated carbocycles. The van der Waals surface area contributed by atoms with Crippen molar-refractivity contribution in [3.8, 4) is 5.75 Å². The van der Waals surface area contributed by atoms with Gasteiger partial charge >= 0.3 is 0 Å². The first kappa shape index (κ1) is 14.7. The summed E-state index contributed by atoms with van der Waals surface area (Å²) in [6, 6.07) is 13.3. The smallest absolute Gasteiger partial charge is 0.124 e. The van der Waals surface area contributed by atoms with E-state index in [0.717, 1.165) is 5.56 Å². The lowest BCUT2D eigenvalue weighted by molar-refractivity contribution is 0.339. The molecule has 1 atom stereocenters. The van der Waals surface area contributed by atoms with Gasteiger partial charge in [-0.3, -0.25) is 4.21 Å². The van der Waals surface area contributed by atoms with Crippen LogP contribution >= 0.6 is 0 Å². The van der Waals surface area contributed by atoms with E-state index in [0.29, 0.717) is 29.5 Å². The number of rotatable bonds is 6. The van der Waals surface area contributed by atoms with Crippen LogP contribution in [-0.4, -0.2) is 16.6 Å². The second-order valence-corrected chi connectivity index (χ2v) is 5.74.